The Morgan fingerprint density at radius 3 is 2.44 bits per heavy atom. The van der Waals surface area contributed by atoms with Gasteiger partial charge in [-0.1, -0.05) is 0 Å². The number of halogens is 4. The molecule has 3 rings (SSSR count). The van der Waals surface area contributed by atoms with Crippen LogP contribution < -0.4 is 14.8 Å². The Labute approximate surface area is 180 Å². The van der Waals surface area contributed by atoms with Gasteiger partial charge in [0.15, 0.2) is 0 Å². The molecule has 1 N–H and O–H groups in total. The largest absolute Gasteiger partial charge is 0.472 e. The fourth-order valence-corrected chi connectivity index (χ4v) is 3.24. The standard InChI is InChI=1S/C21H20F4N2O5/c22-20(23)31-16-3-1-13(17(11-16)32-21(24)25)2-4-18(28)26-15-5-8-27(9-6-15)19(29)14-7-10-30-12-14/h1-4,7,10-12,15,20-21H,5-6,8-9H2,(H,26,28)/b4-2+. The normalized spacial score (nSPS) is 14.9. The number of hydrogen-bond donors (Lipinski definition) is 1. The maximum Gasteiger partial charge on any atom is 0.387 e. The summed E-state index contributed by atoms with van der Waals surface area (Å²) >= 11 is 0. The molecule has 0 aliphatic carbocycles. The molecule has 7 nitrogen and oxygen atoms in total. The lowest BCUT2D eigenvalue weighted by atomic mass is 10.0. The molecule has 0 saturated carbocycles. The summed E-state index contributed by atoms with van der Waals surface area (Å²) in [4.78, 5) is 26.2. The van der Waals surface area contributed by atoms with E-state index in [1.54, 1.807) is 11.0 Å². The van der Waals surface area contributed by atoms with Crippen LogP contribution in [0.4, 0.5) is 17.6 Å². The van der Waals surface area contributed by atoms with Crippen LogP contribution in [-0.2, 0) is 4.79 Å². The fourth-order valence-electron chi connectivity index (χ4n) is 3.24. The Kier molecular flexibility index (Phi) is 7.74. The quantitative estimate of drug-likeness (QED) is 0.481. The second-order valence-electron chi connectivity index (χ2n) is 6.88. The molecule has 0 unspecified atom stereocenters. The van der Waals surface area contributed by atoms with E-state index in [0.29, 0.717) is 31.5 Å². The van der Waals surface area contributed by atoms with Crippen molar-refractivity contribution in [3.8, 4) is 11.5 Å². The van der Waals surface area contributed by atoms with Crippen molar-refractivity contribution in [2.45, 2.75) is 32.1 Å². The molecule has 2 aromatic rings. The first kappa shape index (κ1) is 23.2. The molecule has 0 radical (unpaired) electrons. The number of ether oxygens (including phenoxy) is 2. The molecule has 1 saturated heterocycles. The number of carbonyl (C=O) groups is 2. The van der Waals surface area contributed by atoms with Gasteiger partial charge in [0.05, 0.1) is 11.8 Å². The van der Waals surface area contributed by atoms with Crippen LogP contribution in [0.1, 0.15) is 28.8 Å². The van der Waals surface area contributed by atoms with E-state index in [1.165, 1.54) is 24.7 Å². The average Bonchev–Trinajstić information content (AvgIpc) is 3.27. The number of benzene rings is 1. The molecule has 172 valence electrons. The van der Waals surface area contributed by atoms with E-state index in [0.717, 1.165) is 18.2 Å². The third kappa shape index (κ3) is 6.50. The van der Waals surface area contributed by atoms with E-state index in [9.17, 15) is 27.2 Å². The van der Waals surface area contributed by atoms with Gasteiger partial charge in [-0.2, -0.15) is 17.6 Å². The lowest BCUT2D eigenvalue weighted by Gasteiger charge is -2.32. The number of piperidine rings is 1. The van der Waals surface area contributed by atoms with Gasteiger partial charge >= 0.3 is 13.2 Å². The molecule has 0 bridgehead atoms. The molecular weight excluding hydrogens is 436 g/mol. The van der Waals surface area contributed by atoms with Crippen LogP contribution in [0.5, 0.6) is 11.5 Å². The molecule has 1 fully saturated rings. The number of likely N-dealkylation sites (tertiary alicyclic amines) is 1. The SMILES string of the molecule is O=C(/C=C/c1ccc(OC(F)F)cc1OC(F)F)NC1CCN(C(=O)c2ccoc2)CC1. The van der Waals surface area contributed by atoms with Crippen molar-refractivity contribution in [3.05, 3.63) is 54.0 Å². The van der Waals surface area contributed by atoms with E-state index >= 15 is 0 Å². The summed E-state index contributed by atoms with van der Waals surface area (Å²) in [5.74, 6) is -1.38. The number of furan rings is 1. The lowest BCUT2D eigenvalue weighted by molar-refractivity contribution is -0.117. The van der Waals surface area contributed by atoms with Crippen molar-refractivity contribution >= 4 is 17.9 Å². The van der Waals surface area contributed by atoms with Crippen molar-refractivity contribution < 1.29 is 41.0 Å². The van der Waals surface area contributed by atoms with Crippen molar-refractivity contribution in [2.75, 3.05) is 13.1 Å². The van der Waals surface area contributed by atoms with Crippen molar-refractivity contribution in [1.82, 2.24) is 10.2 Å². The summed E-state index contributed by atoms with van der Waals surface area (Å²) < 4.78 is 63.3. The summed E-state index contributed by atoms with van der Waals surface area (Å²) in [6.45, 7) is -5.40. The molecule has 2 heterocycles. The Bertz CT molecular complexity index is 942. The first-order valence-corrected chi connectivity index (χ1v) is 9.65. The van der Waals surface area contributed by atoms with Gasteiger partial charge in [0, 0.05) is 36.8 Å². The van der Waals surface area contributed by atoms with E-state index in [1.807, 2.05) is 0 Å². The molecule has 0 atom stereocenters. The van der Waals surface area contributed by atoms with Gasteiger partial charge in [0.25, 0.3) is 5.91 Å². The minimum Gasteiger partial charge on any atom is -0.472 e. The summed E-state index contributed by atoms with van der Waals surface area (Å²) in [6.07, 6.45) is 6.25. The predicted molar refractivity (Wildman–Crippen MR) is 105 cm³/mol. The fraction of sp³-hybridized carbons (Fsp3) is 0.333. The minimum atomic E-state index is -3.19. The van der Waals surface area contributed by atoms with E-state index in [2.05, 4.69) is 14.8 Å². The van der Waals surface area contributed by atoms with Crippen LogP contribution in [0, 0.1) is 0 Å². The van der Waals surface area contributed by atoms with Crippen molar-refractivity contribution in [1.29, 1.82) is 0 Å². The van der Waals surface area contributed by atoms with Gasteiger partial charge in [-0.25, -0.2) is 0 Å². The Hall–Kier alpha value is -3.50. The van der Waals surface area contributed by atoms with Crippen LogP contribution in [-0.4, -0.2) is 49.1 Å². The topological polar surface area (TPSA) is 81.0 Å². The molecule has 1 aliphatic heterocycles. The maximum absolute atomic E-state index is 12.6. The van der Waals surface area contributed by atoms with Gasteiger partial charge in [0.1, 0.15) is 17.8 Å². The monoisotopic (exact) mass is 456 g/mol. The van der Waals surface area contributed by atoms with Crippen LogP contribution in [0.15, 0.2) is 47.3 Å². The van der Waals surface area contributed by atoms with Gasteiger partial charge in [-0.3, -0.25) is 9.59 Å². The Balaban J connectivity index is 1.55. The summed E-state index contributed by atoms with van der Waals surface area (Å²) in [7, 11) is 0. The zero-order chi connectivity index (χ0) is 23.1. The lowest BCUT2D eigenvalue weighted by Crippen LogP contribution is -2.46. The van der Waals surface area contributed by atoms with Crippen molar-refractivity contribution in [3.63, 3.8) is 0 Å². The number of hydrogen-bond acceptors (Lipinski definition) is 5. The highest BCUT2D eigenvalue weighted by Gasteiger charge is 2.24. The highest BCUT2D eigenvalue weighted by atomic mass is 19.3. The second-order valence-corrected chi connectivity index (χ2v) is 6.88. The number of rotatable bonds is 8. The molecule has 1 aliphatic rings. The number of carbonyl (C=O) groups excluding carboxylic acids is 2. The minimum absolute atomic E-state index is 0.0857. The molecule has 11 heteroatoms. The van der Waals surface area contributed by atoms with Crippen LogP contribution in [0.25, 0.3) is 6.08 Å². The van der Waals surface area contributed by atoms with Gasteiger partial charge in [0.2, 0.25) is 5.91 Å². The zero-order valence-electron chi connectivity index (χ0n) is 16.7. The highest BCUT2D eigenvalue weighted by Crippen LogP contribution is 2.28. The average molecular weight is 456 g/mol. The third-order valence-corrected chi connectivity index (χ3v) is 4.74. The van der Waals surface area contributed by atoms with Crippen LogP contribution in [0.2, 0.25) is 0 Å². The van der Waals surface area contributed by atoms with Crippen LogP contribution >= 0.6 is 0 Å². The van der Waals surface area contributed by atoms with Gasteiger partial charge < -0.3 is 24.1 Å². The predicted octanol–water partition coefficient (Wildman–Crippen LogP) is 3.92. The Morgan fingerprint density at radius 1 is 1.09 bits per heavy atom. The van der Waals surface area contributed by atoms with Crippen molar-refractivity contribution in [2.24, 2.45) is 0 Å². The summed E-state index contributed by atoms with van der Waals surface area (Å²) in [5, 5.41) is 2.79. The molecule has 0 spiro atoms. The highest BCUT2D eigenvalue weighted by molar-refractivity contribution is 5.94. The maximum atomic E-state index is 12.6. The number of alkyl halides is 4. The number of nitrogens with one attached hydrogen (secondary N) is 1. The first-order valence-electron chi connectivity index (χ1n) is 9.65. The molecule has 1 aromatic carbocycles. The van der Waals surface area contributed by atoms with Gasteiger partial charge in [-0.05, 0) is 37.1 Å². The second kappa shape index (κ2) is 10.7. The number of nitrogens with zero attached hydrogens (tertiary/aromatic N) is 1. The summed E-state index contributed by atoms with van der Waals surface area (Å²) in [5.41, 5.74) is 0.546. The van der Waals surface area contributed by atoms with Crippen LogP contribution in [0.3, 0.4) is 0 Å². The molecular formula is C21H20F4N2O5. The first-order chi connectivity index (χ1) is 15.3. The van der Waals surface area contributed by atoms with Gasteiger partial charge in [-0.15, -0.1) is 0 Å². The molecule has 2 amide bonds. The van der Waals surface area contributed by atoms with E-state index < -0.39 is 24.9 Å². The smallest absolute Gasteiger partial charge is 0.387 e. The molecule has 32 heavy (non-hydrogen) atoms. The Morgan fingerprint density at radius 2 is 1.81 bits per heavy atom. The van der Waals surface area contributed by atoms with E-state index in [-0.39, 0.29) is 23.3 Å². The third-order valence-electron chi connectivity index (χ3n) is 4.74. The number of amides is 2. The van der Waals surface area contributed by atoms with E-state index in [4.69, 9.17) is 4.42 Å². The zero-order valence-corrected chi connectivity index (χ0v) is 16.7. The summed E-state index contributed by atoms with van der Waals surface area (Å²) in [6, 6.07) is 4.68. The molecule has 1 aromatic heterocycles.